The highest BCUT2D eigenvalue weighted by Gasteiger charge is 2.11. The van der Waals surface area contributed by atoms with Gasteiger partial charge >= 0.3 is 5.97 Å². The first-order valence-corrected chi connectivity index (χ1v) is 7.83. The summed E-state index contributed by atoms with van der Waals surface area (Å²) in [6.45, 7) is 2.62. The summed E-state index contributed by atoms with van der Waals surface area (Å²) in [4.78, 5) is 23.4. The molecule has 1 aromatic heterocycles. The number of hydrogen-bond acceptors (Lipinski definition) is 4. The van der Waals surface area contributed by atoms with Crippen molar-refractivity contribution < 1.29 is 14.3 Å². The van der Waals surface area contributed by atoms with Gasteiger partial charge in [0.05, 0.1) is 15.3 Å². The van der Waals surface area contributed by atoms with Crippen molar-refractivity contribution in [2.75, 3.05) is 13.2 Å². The number of ether oxygens (including phenoxy) is 1. The van der Waals surface area contributed by atoms with Gasteiger partial charge in [0.1, 0.15) is 0 Å². The van der Waals surface area contributed by atoms with Crippen LogP contribution >= 0.6 is 43.2 Å². The molecule has 0 aliphatic carbocycles. The maximum Gasteiger partial charge on any atom is 0.305 e. The lowest BCUT2D eigenvalue weighted by Gasteiger charge is -2.03. The van der Waals surface area contributed by atoms with Gasteiger partial charge in [0.2, 0.25) is 0 Å². The zero-order valence-electron chi connectivity index (χ0n) is 9.79. The number of hydrogen-bond donors (Lipinski definition) is 1. The van der Waals surface area contributed by atoms with E-state index in [2.05, 4.69) is 37.2 Å². The Labute approximate surface area is 126 Å². The second-order valence-electron chi connectivity index (χ2n) is 3.40. The Morgan fingerprint density at radius 3 is 2.72 bits per heavy atom. The van der Waals surface area contributed by atoms with Gasteiger partial charge in [-0.15, -0.1) is 11.3 Å². The van der Waals surface area contributed by atoms with Crippen LogP contribution < -0.4 is 5.32 Å². The minimum atomic E-state index is -0.228. The molecule has 1 N–H and O–H groups in total. The molecule has 0 unspecified atom stereocenters. The van der Waals surface area contributed by atoms with Crippen molar-refractivity contribution in [3.05, 3.63) is 19.2 Å². The molecule has 0 saturated heterocycles. The van der Waals surface area contributed by atoms with Crippen LogP contribution in [0.3, 0.4) is 0 Å². The lowest BCUT2D eigenvalue weighted by atomic mass is 10.3. The Morgan fingerprint density at radius 2 is 2.17 bits per heavy atom. The molecule has 0 saturated carbocycles. The number of thiophene rings is 1. The van der Waals surface area contributed by atoms with Crippen molar-refractivity contribution in [2.45, 2.75) is 19.8 Å². The molecule has 100 valence electrons. The molecule has 0 fully saturated rings. The summed E-state index contributed by atoms with van der Waals surface area (Å²) >= 11 is 8.02. The fourth-order valence-electron chi connectivity index (χ4n) is 1.21. The van der Waals surface area contributed by atoms with E-state index in [4.69, 9.17) is 4.74 Å². The average Bonchev–Trinajstić information content (AvgIpc) is 2.65. The number of halogens is 2. The predicted molar refractivity (Wildman–Crippen MR) is 77.9 cm³/mol. The number of esters is 1. The minimum absolute atomic E-state index is 0.129. The number of rotatable bonds is 6. The van der Waals surface area contributed by atoms with Gasteiger partial charge in [-0.2, -0.15) is 0 Å². The summed E-state index contributed by atoms with van der Waals surface area (Å²) in [5.74, 6) is -0.358. The van der Waals surface area contributed by atoms with Gasteiger partial charge in [0.15, 0.2) is 0 Å². The molecule has 0 radical (unpaired) electrons. The fourth-order valence-corrected chi connectivity index (χ4v) is 3.17. The van der Waals surface area contributed by atoms with Gasteiger partial charge in [-0.3, -0.25) is 9.59 Å². The Kier molecular flexibility index (Phi) is 6.88. The van der Waals surface area contributed by atoms with Gasteiger partial charge in [-0.25, -0.2) is 0 Å². The Bertz CT molecular complexity index is 414. The topological polar surface area (TPSA) is 55.4 Å². The zero-order valence-corrected chi connectivity index (χ0v) is 13.8. The summed E-state index contributed by atoms with van der Waals surface area (Å²) in [5, 5.41) is 2.76. The molecule has 0 atom stereocenters. The van der Waals surface area contributed by atoms with E-state index >= 15 is 0 Å². The van der Waals surface area contributed by atoms with E-state index in [0.29, 0.717) is 30.9 Å². The molecule has 1 aromatic rings. The first-order chi connectivity index (χ1) is 8.54. The molecule has 4 nitrogen and oxygen atoms in total. The van der Waals surface area contributed by atoms with E-state index in [-0.39, 0.29) is 11.9 Å². The molecule has 0 aliphatic heterocycles. The first kappa shape index (κ1) is 15.7. The number of amides is 1. The van der Waals surface area contributed by atoms with Crippen LogP contribution in [0.2, 0.25) is 0 Å². The molecule has 1 rings (SSSR count). The van der Waals surface area contributed by atoms with Crippen LogP contribution in [0.1, 0.15) is 29.4 Å². The molecule has 0 aliphatic rings. The van der Waals surface area contributed by atoms with Crippen molar-refractivity contribution in [3.8, 4) is 0 Å². The summed E-state index contributed by atoms with van der Waals surface area (Å²) in [6, 6.07) is 1.76. The summed E-state index contributed by atoms with van der Waals surface area (Å²) in [7, 11) is 0. The molecule has 18 heavy (non-hydrogen) atoms. The normalized spacial score (nSPS) is 10.2. The Hall–Kier alpha value is -0.400. The summed E-state index contributed by atoms with van der Waals surface area (Å²) in [5.41, 5.74) is 0. The van der Waals surface area contributed by atoms with E-state index in [1.807, 2.05) is 0 Å². The van der Waals surface area contributed by atoms with Crippen molar-refractivity contribution >= 4 is 55.1 Å². The first-order valence-electron chi connectivity index (χ1n) is 5.43. The van der Waals surface area contributed by atoms with Crippen LogP contribution in [-0.4, -0.2) is 25.0 Å². The van der Waals surface area contributed by atoms with Gasteiger partial charge in [-0.1, -0.05) is 0 Å². The fraction of sp³-hybridized carbons (Fsp3) is 0.455. The van der Waals surface area contributed by atoms with E-state index in [9.17, 15) is 9.59 Å². The van der Waals surface area contributed by atoms with Crippen LogP contribution in [-0.2, 0) is 9.53 Å². The second kappa shape index (κ2) is 7.91. The van der Waals surface area contributed by atoms with Gasteiger partial charge in [-0.05, 0) is 51.3 Å². The predicted octanol–water partition coefficient (Wildman–Crippen LogP) is 3.35. The average molecular weight is 399 g/mol. The smallest absolute Gasteiger partial charge is 0.305 e. The van der Waals surface area contributed by atoms with Crippen molar-refractivity contribution in [1.29, 1.82) is 0 Å². The molecular formula is C11H13Br2NO3S. The van der Waals surface area contributed by atoms with Crippen molar-refractivity contribution in [2.24, 2.45) is 0 Å². The third-order valence-electron chi connectivity index (χ3n) is 2.02. The van der Waals surface area contributed by atoms with E-state index in [1.165, 1.54) is 11.3 Å². The van der Waals surface area contributed by atoms with Crippen LogP contribution in [0.4, 0.5) is 0 Å². The van der Waals surface area contributed by atoms with E-state index < -0.39 is 0 Å². The third-order valence-corrected chi connectivity index (χ3v) is 5.27. The lowest BCUT2D eigenvalue weighted by Crippen LogP contribution is -2.24. The highest BCUT2D eigenvalue weighted by Crippen LogP contribution is 2.32. The highest BCUT2D eigenvalue weighted by atomic mass is 79.9. The molecule has 0 spiro atoms. The van der Waals surface area contributed by atoms with Gasteiger partial charge in [0.25, 0.3) is 5.91 Å². The molecule has 7 heteroatoms. The molecule has 0 aromatic carbocycles. The van der Waals surface area contributed by atoms with Crippen molar-refractivity contribution in [3.63, 3.8) is 0 Å². The standard InChI is InChI=1S/C11H13Br2NO3S/c1-2-17-9(15)4-3-5-14-11(16)8-6-7(12)10(13)18-8/h6H,2-5H2,1H3,(H,14,16). The summed E-state index contributed by atoms with van der Waals surface area (Å²) < 4.78 is 6.54. The molecule has 1 amide bonds. The number of carbonyl (C=O) groups excluding carboxylic acids is 2. The van der Waals surface area contributed by atoms with E-state index in [0.717, 1.165) is 8.26 Å². The van der Waals surface area contributed by atoms with Crippen LogP contribution in [0.5, 0.6) is 0 Å². The third kappa shape index (κ3) is 5.07. The molecule has 1 heterocycles. The lowest BCUT2D eigenvalue weighted by molar-refractivity contribution is -0.143. The molecular weight excluding hydrogens is 386 g/mol. The second-order valence-corrected chi connectivity index (χ2v) is 6.62. The molecule has 0 bridgehead atoms. The Balaban J connectivity index is 2.27. The summed E-state index contributed by atoms with van der Waals surface area (Å²) in [6.07, 6.45) is 0.907. The van der Waals surface area contributed by atoms with Gasteiger partial charge in [0, 0.05) is 17.4 Å². The largest absolute Gasteiger partial charge is 0.466 e. The monoisotopic (exact) mass is 397 g/mol. The maximum atomic E-state index is 11.7. The van der Waals surface area contributed by atoms with Crippen LogP contribution in [0, 0.1) is 0 Å². The number of carbonyl (C=O) groups is 2. The zero-order chi connectivity index (χ0) is 13.5. The van der Waals surface area contributed by atoms with Crippen LogP contribution in [0.15, 0.2) is 14.3 Å². The SMILES string of the molecule is CCOC(=O)CCCNC(=O)c1cc(Br)c(Br)s1. The maximum absolute atomic E-state index is 11.7. The number of nitrogens with one attached hydrogen (secondary N) is 1. The van der Waals surface area contributed by atoms with Crippen molar-refractivity contribution in [1.82, 2.24) is 5.32 Å². The van der Waals surface area contributed by atoms with Gasteiger partial charge < -0.3 is 10.1 Å². The highest BCUT2D eigenvalue weighted by molar-refractivity contribution is 9.13. The Morgan fingerprint density at radius 1 is 1.44 bits per heavy atom. The minimum Gasteiger partial charge on any atom is -0.466 e. The van der Waals surface area contributed by atoms with E-state index in [1.54, 1.807) is 13.0 Å². The quantitative estimate of drug-likeness (QED) is 0.590. The van der Waals surface area contributed by atoms with Crippen LogP contribution in [0.25, 0.3) is 0 Å².